The molecule has 1 heterocycles. The summed E-state index contributed by atoms with van der Waals surface area (Å²) in [5, 5.41) is 0. The number of fused-ring (bicyclic) bond motifs is 1. The summed E-state index contributed by atoms with van der Waals surface area (Å²) in [6.07, 6.45) is 3.14. The van der Waals surface area contributed by atoms with Gasteiger partial charge in [-0.05, 0) is 37.0 Å². The SMILES string of the molecule is NC1(Cc2c(Br)ccc3c2COCO3)CC1. The summed E-state index contributed by atoms with van der Waals surface area (Å²) in [5.41, 5.74) is 8.58. The van der Waals surface area contributed by atoms with Crippen LogP contribution in [0.15, 0.2) is 16.6 Å². The molecule has 0 spiro atoms. The predicted molar refractivity (Wildman–Crippen MR) is 64.3 cm³/mol. The molecule has 1 aromatic rings. The lowest BCUT2D eigenvalue weighted by Gasteiger charge is -2.22. The summed E-state index contributed by atoms with van der Waals surface area (Å²) >= 11 is 3.59. The van der Waals surface area contributed by atoms with E-state index in [1.165, 1.54) is 5.56 Å². The summed E-state index contributed by atoms with van der Waals surface area (Å²) < 4.78 is 11.9. The number of benzene rings is 1. The molecular formula is C12H14BrNO2. The molecule has 0 amide bonds. The first-order chi connectivity index (χ1) is 7.68. The Balaban J connectivity index is 2.00. The molecule has 86 valence electrons. The van der Waals surface area contributed by atoms with E-state index in [0.717, 1.165) is 35.0 Å². The second-order valence-electron chi connectivity index (χ2n) is 4.65. The monoisotopic (exact) mass is 283 g/mol. The smallest absolute Gasteiger partial charge is 0.189 e. The van der Waals surface area contributed by atoms with Gasteiger partial charge >= 0.3 is 0 Å². The molecule has 0 saturated heterocycles. The minimum absolute atomic E-state index is 0.00902. The zero-order valence-corrected chi connectivity index (χ0v) is 10.5. The van der Waals surface area contributed by atoms with Crippen molar-refractivity contribution in [3.8, 4) is 5.75 Å². The van der Waals surface area contributed by atoms with Gasteiger partial charge < -0.3 is 15.2 Å². The van der Waals surface area contributed by atoms with E-state index in [0.29, 0.717) is 13.4 Å². The number of halogens is 1. The molecule has 2 N–H and O–H groups in total. The van der Waals surface area contributed by atoms with Gasteiger partial charge in [0.25, 0.3) is 0 Å². The molecule has 0 atom stereocenters. The molecular weight excluding hydrogens is 270 g/mol. The van der Waals surface area contributed by atoms with Crippen LogP contribution in [0.3, 0.4) is 0 Å². The van der Waals surface area contributed by atoms with E-state index in [-0.39, 0.29) is 5.54 Å². The third-order valence-electron chi connectivity index (χ3n) is 3.30. The van der Waals surface area contributed by atoms with Crippen LogP contribution in [0.2, 0.25) is 0 Å². The van der Waals surface area contributed by atoms with Crippen molar-refractivity contribution in [1.29, 1.82) is 0 Å². The van der Waals surface area contributed by atoms with Crippen LogP contribution in [0.25, 0.3) is 0 Å². The minimum Gasteiger partial charge on any atom is -0.467 e. The highest BCUT2D eigenvalue weighted by Gasteiger charge is 2.39. The number of nitrogens with two attached hydrogens (primary N) is 1. The third kappa shape index (κ3) is 1.85. The molecule has 1 saturated carbocycles. The first kappa shape index (κ1) is 10.6. The van der Waals surface area contributed by atoms with Crippen LogP contribution in [0.5, 0.6) is 5.75 Å². The molecule has 3 rings (SSSR count). The number of hydrogen-bond acceptors (Lipinski definition) is 3. The maximum Gasteiger partial charge on any atom is 0.189 e. The molecule has 0 unspecified atom stereocenters. The molecule has 1 aromatic carbocycles. The Hall–Kier alpha value is -0.580. The van der Waals surface area contributed by atoms with Gasteiger partial charge in [-0.15, -0.1) is 0 Å². The van der Waals surface area contributed by atoms with E-state index in [1.807, 2.05) is 12.1 Å². The molecule has 4 heteroatoms. The van der Waals surface area contributed by atoms with Crippen LogP contribution < -0.4 is 10.5 Å². The first-order valence-corrected chi connectivity index (χ1v) is 6.27. The normalized spacial score (nSPS) is 21.1. The van der Waals surface area contributed by atoms with Crippen molar-refractivity contribution in [1.82, 2.24) is 0 Å². The van der Waals surface area contributed by atoms with E-state index in [2.05, 4.69) is 15.9 Å². The summed E-state index contributed by atoms with van der Waals surface area (Å²) in [5.74, 6) is 0.939. The Kier molecular flexibility index (Phi) is 2.46. The summed E-state index contributed by atoms with van der Waals surface area (Å²) in [6, 6.07) is 4.02. The highest BCUT2D eigenvalue weighted by atomic mass is 79.9. The van der Waals surface area contributed by atoms with Gasteiger partial charge in [0, 0.05) is 15.6 Å². The van der Waals surface area contributed by atoms with Gasteiger partial charge in [0.2, 0.25) is 0 Å². The van der Waals surface area contributed by atoms with Crippen LogP contribution in [-0.4, -0.2) is 12.3 Å². The van der Waals surface area contributed by atoms with Crippen LogP contribution in [0.1, 0.15) is 24.0 Å². The zero-order valence-electron chi connectivity index (χ0n) is 8.96. The lowest BCUT2D eigenvalue weighted by molar-refractivity contribution is -0.0169. The van der Waals surface area contributed by atoms with Crippen LogP contribution in [-0.2, 0) is 17.8 Å². The van der Waals surface area contributed by atoms with E-state index in [4.69, 9.17) is 15.2 Å². The van der Waals surface area contributed by atoms with Crippen molar-refractivity contribution in [2.45, 2.75) is 31.4 Å². The predicted octanol–water partition coefficient (Wildman–Crippen LogP) is 2.35. The summed E-state index contributed by atoms with van der Waals surface area (Å²) in [7, 11) is 0. The van der Waals surface area contributed by atoms with Crippen LogP contribution >= 0.6 is 15.9 Å². The molecule has 1 aliphatic heterocycles. The Morgan fingerprint density at radius 3 is 2.94 bits per heavy atom. The maximum atomic E-state index is 6.18. The molecule has 3 nitrogen and oxygen atoms in total. The van der Waals surface area contributed by atoms with Gasteiger partial charge in [-0.1, -0.05) is 15.9 Å². The second kappa shape index (κ2) is 3.72. The lowest BCUT2D eigenvalue weighted by atomic mass is 9.98. The molecule has 2 aliphatic rings. The van der Waals surface area contributed by atoms with Crippen molar-refractivity contribution in [3.63, 3.8) is 0 Å². The van der Waals surface area contributed by atoms with E-state index in [1.54, 1.807) is 0 Å². The topological polar surface area (TPSA) is 44.5 Å². The van der Waals surface area contributed by atoms with Crippen molar-refractivity contribution < 1.29 is 9.47 Å². The Morgan fingerprint density at radius 2 is 2.19 bits per heavy atom. The highest BCUT2D eigenvalue weighted by molar-refractivity contribution is 9.10. The maximum absolute atomic E-state index is 6.18. The van der Waals surface area contributed by atoms with Crippen molar-refractivity contribution in [2.75, 3.05) is 6.79 Å². The molecule has 0 aromatic heterocycles. The average Bonchev–Trinajstić information content (AvgIpc) is 3.01. The highest BCUT2D eigenvalue weighted by Crippen LogP contribution is 2.41. The fourth-order valence-electron chi connectivity index (χ4n) is 2.07. The van der Waals surface area contributed by atoms with Gasteiger partial charge in [0.05, 0.1) is 6.61 Å². The zero-order chi connectivity index (χ0) is 11.2. The van der Waals surface area contributed by atoms with Crippen molar-refractivity contribution in [2.24, 2.45) is 5.73 Å². The number of hydrogen-bond donors (Lipinski definition) is 1. The number of ether oxygens (including phenoxy) is 2. The quantitative estimate of drug-likeness (QED) is 0.906. The van der Waals surface area contributed by atoms with Gasteiger partial charge in [0.15, 0.2) is 6.79 Å². The van der Waals surface area contributed by atoms with Crippen molar-refractivity contribution in [3.05, 3.63) is 27.7 Å². The first-order valence-electron chi connectivity index (χ1n) is 5.48. The van der Waals surface area contributed by atoms with E-state index >= 15 is 0 Å². The Labute approximate surface area is 103 Å². The lowest BCUT2D eigenvalue weighted by Crippen LogP contribution is -2.26. The second-order valence-corrected chi connectivity index (χ2v) is 5.51. The molecule has 0 radical (unpaired) electrons. The standard InChI is InChI=1S/C12H14BrNO2/c13-10-1-2-11-9(6-15-7-16-11)8(10)5-12(14)3-4-12/h1-2H,3-7,14H2. The summed E-state index contributed by atoms with van der Waals surface area (Å²) in [6.45, 7) is 0.974. The van der Waals surface area contributed by atoms with E-state index < -0.39 is 0 Å². The van der Waals surface area contributed by atoms with Gasteiger partial charge in [0.1, 0.15) is 5.75 Å². The number of rotatable bonds is 2. The summed E-state index contributed by atoms with van der Waals surface area (Å²) in [4.78, 5) is 0. The fourth-order valence-corrected chi connectivity index (χ4v) is 2.58. The fraction of sp³-hybridized carbons (Fsp3) is 0.500. The van der Waals surface area contributed by atoms with Gasteiger partial charge in [-0.2, -0.15) is 0 Å². The van der Waals surface area contributed by atoms with E-state index in [9.17, 15) is 0 Å². The van der Waals surface area contributed by atoms with Crippen LogP contribution in [0, 0.1) is 0 Å². The van der Waals surface area contributed by atoms with Gasteiger partial charge in [-0.25, -0.2) is 0 Å². The molecule has 16 heavy (non-hydrogen) atoms. The average molecular weight is 284 g/mol. The molecule has 0 bridgehead atoms. The third-order valence-corrected chi connectivity index (χ3v) is 4.04. The Bertz CT molecular complexity index is 429. The minimum atomic E-state index is 0.00902. The van der Waals surface area contributed by atoms with Gasteiger partial charge in [-0.3, -0.25) is 0 Å². The molecule has 1 fully saturated rings. The largest absolute Gasteiger partial charge is 0.467 e. The van der Waals surface area contributed by atoms with Crippen molar-refractivity contribution >= 4 is 15.9 Å². The van der Waals surface area contributed by atoms with Crippen LogP contribution in [0.4, 0.5) is 0 Å². The Morgan fingerprint density at radius 1 is 1.38 bits per heavy atom. The molecule has 1 aliphatic carbocycles.